The topological polar surface area (TPSA) is 237 Å². The van der Waals surface area contributed by atoms with Crippen LogP contribution in [-0.4, -0.2) is 96.7 Å². The monoisotopic (exact) mass is 1470 g/mol. The number of hydrogen-bond donors (Lipinski definition) is 3. The van der Waals surface area contributed by atoms with E-state index in [1.54, 1.807) is 0 Å². The van der Waals surface area contributed by atoms with Gasteiger partial charge < -0.3 is 33.8 Å². The van der Waals surface area contributed by atoms with Crippen LogP contribution in [-0.2, 0) is 65.4 Å². The SMILES string of the molecule is CC/C=C\C/C=C\C/C=C\C/C=C\C/C=C\CCCCCC(=O)OCC(COP(=O)(O)OCC(O)COP(=O)(O)OCC(COC(=O)CCCCCCCCC/C=C\C/C=C\C/C=C\CC)OC(=O)CCCCCCC/C=C\C/C=C\C/C=C\CC)OC(=O)CCCCCCC/C=C\CCCC. The number of allylic oxidation sites excluding steroid dienone is 24. The van der Waals surface area contributed by atoms with Crippen molar-refractivity contribution in [3.05, 3.63) is 146 Å². The van der Waals surface area contributed by atoms with Gasteiger partial charge >= 0.3 is 39.5 Å². The molecular formula is C83H138O17P2. The lowest BCUT2D eigenvalue weighted by Crippen LogP contribution is -2.30. The smallest absolute Gasteiger partial charge is 0.462 e. The second kappa shape index (κ2) is 74.2. The number of ether oxygens (including phenoxy) is 4. The average Bonchev–Trinajstić information content (AvgIpc) is 0.926. The fourth-order valence-electron chi connectivity index (χ4n) is 9.90. The van der Waals surface area contributed by atoms with Crippen molar-refractivity contribution < 1.29 is 80.2 Å². The van der Waals surface area contributed by atoms with E-state index in [1.807, 2.05) is 0 Å². The number of aliphatic hydroxyl groups excluding tert-OH is 1. The van der Waals surface area contributed by atoms with Crippen LogP contribution in [0.25, 0.3) is 0 Å². The molecule has 0 aromatic heterocycles. The van der Waals surface area contributed by atoms with Gasteiger partial charge in [0.15, 0.2) is 12.2 Å². The molecule has 0 rings (SSSR count). The van der Waals surface area contributed by atoms with E-state index in [4.69, 9.17) is 37.0 Å². The van der Waals surface area contributed by atoms with Crippen molar-refractivity contribution in [2.45, 2.75) is 316 Å². The molecule has 0 saturated heterocycles. The molecule has 582 valence electrons. The lowest BCUT2D eigenvalue weighted by molar-refractivity contribution is -0.161. The first-order valence-electron chi connectivity index (χ1n) is 39.1. The van der Waals surface area contributed by atoms with Crippen LogP contribution in [0.15, 0.2) is 146 Å². The standard InChI is InChI=1S/C83H138O17P2/c1-5-9-13-17-21-25-29-32-35-37-38-40-43-45-49-52-56-60-64-68-80(85)93-73-78(99-82(87)69-65-61-57-53-47-28-24-20-16-12-8-4)75-97-101(89,90)95-71-77(84)72-96-102(91,92)98-76-79(100-83(88)70-66-62-58-54-50-46-41-34-31-27-23-19-15-11-7-3)74-94-81(86)67-63-59-55-51-48-44-42-39-36-33-30-26-22-18-14-10-6-2/h9-11,13-15,20-27,32-36,38,40-41,45,49,77-79,84H,5-8,12,16-19,28-31,37,39,42-44,46-48,50-76H2,1-4H3,(H,89,90)(H,91,92)/b13-9-,14-10-,15-11-,24-20-,25-21-,26-22-,27-23-,35-32-,36-33-,40-38-,41-34-,49-45-. The molecule has 17 nitrogen and oxygen atoms in total. The number of rotatable bonds is 72. The molecule has 0 aromatic carbocycles. The van der Waals surface area contributed by atoms with E-state index in [9.17, 15) is 43.2 Å². The zero-order valence-electron chi connectivity index (χ0n) is 63.5. The molecule has 19 heteroatoms. The molecule has 5 unspecified atom stereocenters. The fraction of sp³-hybridized carbons (Fsp3) is 0.663. The van der Waals surface area contributed by atoms with E-state index >= 15 is 0 Å². The van der Waals surface area contributed by atoms with E-state index in [0.717, 1.165) is 205 Å². The van der Waals surface area contributed by atoms with Crippen molar-refractivity contribution in [1.82, 2.24) is 0 Å². The predicted molar refractivity (Wildman–Crippen MR) is 417 cm³/mol. The lowest BCUT2D eigenvalue weighted by Gasteiger charge is -2.21. The van der Waals surface area contributed by atoms with E-state index in [0.29, 0.717) is 25.7 Å². The molecule has 0 spiro atoms. The van der Waals surface area contributed by atoms with Crippen molar-refractivity contribution in [3.63, 3.8) is 0 Å². The molecule has 0 saturated carbocycles. The maximum Gasteiger partial charge on any atom is 0.472 e. The predicted octanol–water partition coefficient (Wildman–Crippen LogP) is 22.7. The van der Waals surface area contributed by atoms with Crippen LogP contribution in [0.4, 0.5) is 0 Å². The Bertz CT molecular complexity index is 2510. The summed E-state index contributed by atoms with van der Waals surface area (Å²) in [5, 5.41) is 10.6. The molecule has 0 aromatic rings. The van der Waals surface area contributed by atoms with Crippen LogP contribution >= 0.6 is 15.6 Å². The molecule has 5 atom stereocenters. The number of esters is 4. The molecule has 0 radical (unpaired) electrons. The highest BCUT2D eigenvalue weighted by atomic mass is 31.2. The molecule has 0 aliphatic carbocycles. The fourth-order valence-corrected chi connectivity index (χ4v) is 11.5. The Morgan fingerprint density at radius 1 is 0.284 bits per heavy atom. The highest BCUT2D eigenvalue weighted by Gasteiger charge is 2.30. The second-order valence-corrected chi connectivity index (χ2v) is 28.4. The van der Waals surface area contributed by atoms with Crippen LogP contribution in [0.2, 0.25) is 0 Å². The number of phosphoric ester groups is 2. The zero-order chi connectivity index (χ0) is 74.6. The minimum absolute atomic E-state index is 0.0688. The van der Waals surface area contributed by atoms with Gasteiger partial charge in [0, 0.05) is 25.7 Å². The van der Waals surface area contributed by atoms with Gasteiger partial charge in [-0.25, -0.2) is 9.13 Å². The highest BCUT2D eigenvalue weighted by molar-refractivity contribution is 7.47. The van der Waals surface area contributed by atoms with Gasteiger partial charge in [-0.2, -0.15) is 0 Å². The first-order chi connectivity index (χ1) is 49.7. The highest BCUT2D eigenvalue weighted by Crippen LogP contribution is 2.45. The van der Waals surface area contributed by atoms with Crippen molar-refractivity contribution in [2.75, 3.05) is 39.6 Å². The maximum atomic E-state index is 13.1. The third-order valence-corrected chi connectivity index (χ3v) is 17.7. The molecule has 0 bridgehead atoms. The molecule has 102 heavy (non-hydrogen) atoms. The Balaban J connectivity index is 5.37. The number of hydrogen-bond acceptors (Lipinski definition) is 15. The van der Waals surface area contributed by atoms with Crippen molar-refractivity contribution >= 4 is 39.5 Å². The van der Waals surface area contributed by atoms with Gasteiger partial charge in [0.25, 0.3) is 0 Å². The summed E-state index contributed by atoms with van der Waals surface area (Å²) in [7, 11) is -9.98. The molecule has 3 N–H and O–H groups in total. The lowest BCUT2D eigenvalue weighted by atomic mass is 10.1. The second-order valence-electron chi connectivity index (χ2n) is 25.5. The molecule has 0 amide bonds. The van der Waals surface area contributed by atoms with Crippen LogP contribution in [0.3, 0.4) is 0 Å². The maximum absolute atomic E-state index is 13.1. The summed E-state index contributed by atoms with van der Waals surface area (Å²) in [6.07, 6.45) is 84.1. The summed E-state index contributed by atoms with van der Waals surface area (Å²) >= 11 is 0. The van der Waals surface area contributed by atoms with E-state index in [1.165, 1.54) is 12.8 Å². The minimum Gasteiger partial charge on any atom is -0.462 e. The van der Waals surface area contributed by atoms with E-state index in [-0.39, 0.29) is 25.7 Å². The zero-order valence-corrected chi connectivity index (χ0v) is 65.3. The van der Waals surface area contributed by atoms with Crippen molar-refractivity contribution in [1.29, 1.82) is 0 Å². The van der Waals surface area contributed by atoms with Crippen molar-refractivity contribution in [2.24, 2.45) is 0 Å². The summed E-state index contributed by atoms with van der Waals surface area (Å²) in [5.74, 6) is -2.26. The Morgan fingerprint density at radius 2 is 0.510 bits per heavy atom. The third-order valence-electron chi connectivity index (χ3n) is 15.8. The van der Waals surface area contributed by atoms with Gasteiger partial charge in [-0.1, -0.05) is 263 Å². The Labute approximate surface area is 617 Å². The first-order valence-corrected chi connectivity index (χ1v) is 42.1. The normalized spacial score (nSPS) is 14.7. The van der Waals surface area contributed by atoms with Crippen LogP contribution in [0.5, 0.6) is 0 Å². The molecular weight excluding hydrogens is 1330 g/mol. The van der Waals surface area contributed by atoms with Gasteiger partial charge in [-0.15, -0.1) is 0 Å². The molecule has 0 aliphatic heterocycles. The Kier molecular flexibility index (Phi) is 70.5. The van der Waals surface area contributed by atoms with Crippen molar-refractivity contribution in [3.8, 4) is 0 Å². The molecule has 0 aliphatic rings. The number of carbonyl (C=O) groups excluding carboxylic acids is 4. The van der Waals surface area contributed by atoms with E-state index < -0.39 is 97.5 Å². The summed E-state index contributed by atoms with van der Waals surface area (Å²) in [6.45, 7) is 4.41. The summed E-state index contributed by atoms with van der Waals surface area (Å²) in [5.41, 5.74) is 0. The summed E-state index contributed by atoms with van der Waals surface area (Å²) in [4.78, 5) is 72.9. The Morgan fingerprint density at radius 3 is 0.804 bits per heavy atom. The van der Waals surface area contributed by atoms with Crippen LogP contribution < -0.4 is 0 Å². The Hall–Kier alpha value is -5.06. The number of phosphoric acid groups is 2. The number of aliphatic hydroxyl groups is 1. The quantitative estimate of drug-likeness (QED) is 0.0169. The largest absolute Gasteiger partial charge is 0.472 e. The van der Waals surface area contributed by atoms with Crippen LogP contribution in [0.1, 0.15) is 297 Å². The minimum atomic E-state index is -4.99. The van der Waals surface area contributed by atoms with Gasteiger partial charge in [0.1, 0.15) is 19.3 Å². The van der Waals surface area contributed by atoms with Gasteiger partial charge in [-0.3, -0.25) is 37.3 Å². The third kappa shape index (κ3) is 73.3. The first kappa shape index (κ1) is 96.9. The van der Waals surface area contributed by atoms with Gasteiger partial charge in [0.2, 0.25) is 0 Å². The summed E-state index contributed by atoms with van der Waals surface area (Å²) in [6, 6.07) is 0. The van der Waals surface area contributed by atoms with Gasteiger partial charge in [0.05, 0.1) is 26.4 Å². The average molecular weight is 1470 g/mol. The van der Waals surface area contributed by atoms with Crippen LogP contribution in [0, 0.1) is 0 Å². The molecule has 0 heterocycles. The van der Waals surface area contributed by atoms with E-state index in [2.05, 4.69) is 174 Å². The summed E-state index contributed by atoms with van der Waals surface area (Å²) < 4.78 is 68.5. The number of carbonyl (C=O) groups is 4. The number of unbranched alkanes of at least 4 members (excludes halogenated alkanes) is 22. The van der Waals surface area contributed by atoms with Gasteiger partial charge in [-0.05, 0) is 154 Å². The molecule has 0 fully saturated rings.